The van der Waals surface area contributed by atoms with Crippen molar-refractivity contribution in [3.63, 3.8) is 0 Å². The highest BCUT2D eigenvalue weighted by molar-refractivity contribution is 4.84. The highest BCUT2D eigenvalue weighted by Gasteiger charge is 2.26. The van der Waals surface area contributed by atoms with E-state index in [1.165, 1.54) is 19.4 Å². The van der Waals surface area contributed by atoms with Gasteiger partial charge in [-0.2, -0.15) is 0 Å². The summed E-state index contributed by atoms with van der Waals surface area (Å²) in [5.41, 5.74) is 0. The zero-order valence-corrected chi connectivity index (χ0v) is 6.28. The predicted molar refractivity (Wildman–Crippen MR) is 39.5 cm³/mol. The molecule has 0 radical (unpaired) electrons. The van der Waals surface area contributed by atoms with E-state index in [0.717, 1.165) is 12.0 Å². The molecular formula is C7H16N2. The molecule has 0 amide bonds. The van der Waals surface area contributed by atoms with Crippen molar-refractivity contribution in [3.8, 4) is 0 Å². The van der Waals surface area contributed by atoms with Crippen LogP contribution < -0.4 is 10.6 Å². The van der Waals surface area contributed by atoms with Crippen LogP contribution in [-0.2, 0) is 0 Å². The summed E-state index contributed by atoms with van der Waals surface area (Å²) in [5, 5.41) is 6.45. The summed E-state index contributed by atoms with van der Waals surface area (Å²) >= 11 is 0. The van der Waals surface area contributed by atoms with E-state index in [0.29, 0.717) is 0 Å². The monoisotopic (exact) mass is 128 g/mol. The minimum Gasteiger partial charge on any atom is -0.319 e. The van der Waals surface area contributed by atoms with Crippen molar-refractivity contribution in [3.05, 3.63) is 0 Å². The van der Waals surface area contributed by atoms with E-state index in [1.807, 2.05) is 14.1 Å². The number of hydrogen-bond donors (Lipinski definition) is 2. The van der Waals surface area contributed by atoms with Crippen molar-refractivity contribution in [1.29, 1.82) is 0 Å². The number of nitrogens with one attached hydrogen (secondary N) is 2. The molecule has 0 aliphatic heterocycles. The SMILES string of the molecule is CNCC1CC(NC)C1. The maximum atomic E-state index is 3.26. The maximum absolute atomic E-state index is 3.26. The largest absolute Gasteiger partial charge is 0.319 e. The normalized spacial score (nSPS) is 34.0. The Bertz CT molecular complexity index is 77.0. The Morgan fingerprint density at radius 2 is 2.00 bits per heavy atom. The van der Waals surface area contributed by atoms with Gasteiger partial charge < -0.3 is 10.6 Å². The van der Waals surface area contributed by atoms with Crippen LogP contribution in [0, 0.1) is 5.92 Å². The van der Waals surface area contributed by atoms with E-state index in [2.05, 4.69) is 10.6 Å². The van der Waals surface area contributed by atoms with Gasteiger partial charge in [0.2, 0.25) is 0 Å². The fraction of sp³-hybridized carbons (Fsp3) is 1.00. The van der Waals surface area contributed by atoms with Crippen molar-refractivity contribution in [1.82, 2.24) is 10.6 Å². The van der Waals surface area contributed by atoms with E-state index in [-0.39, 0.29) is 0 Å². The minimum atomic E-state index is 0.809. The summed E-state index contributed by atoms with van der Waals surface area (Å²) in [6.45, 7) is 1.19. The molecule has 0 heterocycles. The first-order valence-corrected chi connectivity index (χ1v) is 3.68. The molecule has 0 saturated heterocycles. The predicted octanol–water partition coefficient (Wildman–Crippen LogP) is 0.204. The quantitative estimate of drug-likeness (QED) is 0.567. The second-order valence-corrected chi connectivity index (χ2v) is 2.88. The Hall–Kier alpha value is -0.0800. The molecular weight excluding hydrogens is 112 g/mol. The van der Waals surface area contributed by atoms with Gasteiger partial charge in [0.05, 0.1) is 0 Å². The molecule has 2 nitrogen and oxygen atoms in total. The van der Waals surface area contributed by atoms with E-state index in [4.69, 9.17) is 0 Å². The Morgan fingerprint density at radius 3 is 2.44 bits per heavy atom. The van der Waals surface area contributed by atoms with Gasteiger partial charge in [0.25, 0.3) is 0 Å². The fourth-order valence-corrected chi connectivity index (χ4v) is 1.43. The molecule has 0 aromatic heterocycles. The Morgan fingerprint density at radius 1 is 1.33 bits per heavy atom. The third kappa shape index (κ3) is 1.66. The molecule has 2 heteroatoms. The number of hydrogen-bond acceptors (Lipinski definition) is 2. The third-order valence-corrected chi connectivity index (χ3v) is 2.14. The van der Waals surface area contributed by atoms with E-state index < -0.39 is 0 Å². The fourth-order valence-electron chi connectivity index (χ4n) is 1.43. The van der Waals surface area contributed by atoms with Crippen LogP contribution in [0.5, 0.6) is 0 Å². The second-order valence-electron chi connectivity index (χ2n) is 2.88. The first-order valence-electron chi connectivity index (χ1n) is 3.68. The number of rotatable bonds is 3. The zero-order valence-electron chi connectivity index (χ0n) is 6.28. The molecule has 0 aromatic carbocycles. The molecule has 1 saturated carbocycles. The van der Waals surface area contributed by atoms with Crippen LogP contribution in [0.2, 0.25) is 0 Å². The summed E-state index contributed by atoms with van der Waals surface area (Å²) in [4.78, 5) is 0. The lowest BCUT2D eigenvalue weighted by molar-refractivity contribution is 0.230. The van der Waals surface area contributed by atoms with Gasteiger partial charge >= 0.3 is 0 Å². The molecule has 0 spiro atoms. The van der Waals surface area contributed by atoms with Crippen molar-refractivity contribution in [2.45, 2.75) is 18.9 Å². The van der Waals surface area contributed by atoms with Crippen LogP contribution in [0.4, 0.5) is 0 Å². The second kappa shape index (κ2) is 3.18. The lowest BCUT2D eigenvalue weighted by Gasteiger charge is -2.34. The van der Waals surface area contributed by atoms with E-state index >= 15 is 0 Å². The summed E-state index contributed by atoms with van der Waals surface area (Å²) in [5.74, 6) is 0.937. The topological polar surface area (TPSA) is 24.1 Å². The van der Waals surface area contributed by atoms with Gasteiger partial charge in [-0.3, -0.25) is 0 Å². The third-order valence-electron chi connectivity index (χ3n) is 2.14. The highest BCUT2D eigenvalue weighted by Crippen LogP contribution is 2.25. The lowest BCUT2D eigenvalue weighted by atomic mass is 9.80. The molecule has 1 rings (SSSR count). The van der Waals surface area contributed by atoms with E-state index in [1.54, 1.807) is 0 Å². The molecule has 2 N–H and O–H groups in total. The van der Waals surface area contributed by atoms with Gasteiger partial charge in [0, 0.05) is 6.04 Å². The van der Waals surface area contributed by atoms with Gasteiger partial charge in [-0.1, -0.05) is 0 Å². The lowest BCUT2D eigenvalue weighted by Crippen LogP contribution is -2.42. The van der Waals surface area contributed by atoms with Gasteiger partial charge in [0.15, 0.2) is 0 Å². The van der Waals surface area contributed by atoms with Crippen LogP contribution in [0.1, 0.15) is 12.8 Å². The van der Waals surface area contributed by atoms with Gasteiger partial charge in [0.1, 0.15) is 0 Å². The first kappa shape index (κ1) is 7.03. The van der Waals surface area contributed by atoms with Crippen LogP contribution >= 0.6 is 0 Å². The van der Waals surface area contributed by atoms with Gasteiger partial charge in [-0.05, 0) is 39.4 Å². The Balaban J connectivity index is 1.98. The van der Waals surface area contributed by atoms with Gasteiger partial charge in [-0.25, -0.2) is 0 Å². The Kier molecular flexibility index (Phi) is 2.49. The standard InChI is InChI=1S/C7H16N2/c1-8-5-6-3-7(4-6)9-2/h6-9H,3-5H2,1-2H3. The van der Waals surface area contributed by atoms with E-state index in [9.17, 15) is 0 Å². The summed E-state index contributed by atoms with van der Waals surface area (Å²) in [6, 6.07) is 0.809. The van der Waals surface area contributed by atoms with Crippen molar-refractivity contribution >= 4 is 0 Å². The Labute approximate surface area is 57.0 Å². The molecule has 9 heavy (non-hydrogen) atoms. The smallest absolute Gasteiger partial charge is 0.00703 e. The average Bonchev–Trinajstić information content (AvgIpc) is 1.77. The minimum absolute atomic E-state index is 0.809. The molecule has 0 bridgehead atoms. The highest BCUT2D eigenvalue weighted by atomic mass is 14.9. The molecule has 0 aromatic rings. The average molecular weight is 128 g/mol. The molecule has 0 atom stereocenters. The van der Waals surface area contributed by atoms with Crippen LogP contribution in [0.15, 0.2) is 0 Å². The van der Waals surface area contributed by atoms with Crippen LogP contribution in [-0.4, -0.2) is 26.7 Å². The maximum Gasteiger partial charge on any atom is 0.00703 e. The molecule has 0 unspecified atom stereocenters. The summed E-state index contributed by atoms with van der Waals surface area (Å²) < 4.78 is 0. The van der Waals surface area contributed by atoms with Crippen LogP contribution in [0.3, 0.4) is 0 Å². The van der Waals surface area contributed by atoms with Gasteiger partial charge in [-0.15, -0.1) is 0 Å². The summed E-state index contributed by atoms with van der Waals surface area (Å²) in [6.07, 6.45) is 2.72. The molecule has 1 fully saturated rings. The molecule has 1 aliphatic carbocycles. The van der Waals surface area contributed by atoms with Crippen molar-refractivity contribution < 1.29 is 0 Å². The van der Waals surface area contributed by atoms with Crippen LogP contribution in [0.25, 0.3) is 0 Å². The van der Waals surface area contributed by atoms with Crippen molar-refractivity contribution in [2.24, 2.45) is 5.92 Å². The zero-order chi connectivity index (χ0) is 6.69. The first-order chi connectivity index (χ1) is 4.36. The molecule has 1 aliphatic rings. The van der Waals surface area contributed by atoms with Crippen molar-refractivity contribution in [2.75, 3.05) is 20.6 Å². The molecule has 54 valence electrons. The summed E-state index contributed by atoms with van der Waals surface area (Å²) in [7, 11) is 4.06.